The largest absolute Gasteiger partial charge is 0.0651 e. The van der Waals surface area contributed by atoms with Crippen LogP contribution >= 0.6 is 0 Å². The summed E-state index contributed by atoms with van der Waals surface area (Å²) in [5.74, 6) is 2.63. The van der Waals surface area contributed by atoms with E-state index in [9.17, 15) is 0 Å². The molecule has 10 heavy (non-hydrogen) atoms. The second kappa shape index (κ2) is 5.76. The molecule has 0 aliphatic rings. The lowest BCUT2D eigenvalue weighted by atomic mass is 9.90. The van der Waals surface area contributed by atoms with Crippen LogP contribution < -0.4 is 0 Å². The first kappa shape index (κ1) is 10.0. The van der Waals surface area contributed by atoms with E-state index in [1.54, 1.807) is 5.92 Å². The number of hydrogen-bond donors (Lipinski definition) is 0. The average Bonchev–Trinajstić information content (AvgIpc) is 1.99. The normalized spacial score (nSPS) is 14.1. The van der Waals surface area contributed by atoms with Gasteiger partial charge in [0.15, 0.2) is 0 Å². The fourth-order valence-electron chi connectivity index (χ4n) is 1.18. The van der Waals surface area contributed by atoms with Gasteiger partial charge < -0.3 is 0 Å². The monoisotopic (exact) mass is 141 g/mol. The van der Waals surface area contributed by atoms with Crippen LogP contribution in [0.5, 0.6) is 0 Å². The summed E-state index contributed by atoms with van der Waals surface area (Å²) in [5.41, 5.74) is 0. The lowest BCUT2D eigenvalue weighted by Crippen LogP contribution is -2.01. The summed E-state index contributed by atoms with van der Waals surface area (Å²) in [6.07, 6.45) is 5.23. The molecular formula is C10H21. The topological polar surface area (TPSA) is 0 Å². The Bertz CT molecular complexity index is 62.4. The Morgan fingerprint density at radius 3 is 1.90 bits per heavy atom. The van der Waals surface area contributed by atoms with Gasteiger partial charge >= 0.3 is 0 Å². The van der Waals surface area contributed by atoms with E-state index in [2.05, 4.69) is 27.7 Å². The zero-order valence-electron chi connectivity index (χ0n) is 7.91. The van der Waals surface area contributed by atoms with Crippen molar-refractivity contribution in [3.63, 3.8) is 0 Å². The highest BCUT2D eigenvalue weighted by Crippen LogP contribution is 2.22. The van der Waals surface area contributed by atoms with Crippen molar-refractivity contribution in [2.45, 2.75) is 53.4 Å². The molecule has 1 radical (unpaired) electrons. The standard InChI is InChI=1S/C10H21/c1-5-9(4)8-10(6-2)7-3/h9H,5-8H2,1-4H3. The molecule has 0 spiro atoms. The third kappa shape index (κ3) is 3.92. The summed E-state index contributed by atoms with van der Waals surface area (Å²) < 4.78 is 0. The third-order valence-electron chi connectivity index (χ3n) is 2.33. The molecule has 0 aliphatic carbocycles. The fraction of sp³-hybridized carbons (Fsp3) is 0.900. The van der Waals surface area contributed by atoms with Crippen LogP contribution in [0.2, 0.25) is 0 Å². The highest BCUT2D eigenvalue weighted by molar-refractivity contribution is 4.87. The van der Waals surface area contributed by atoms with Crippen molar-refractivity contribution in [1.82, 2.24) is 0 Å². The average molecular weight is 141 g/mol. The zero-order chi connectivity index (χ0) is 7.98. The van der Waals surface area contributed by atoms with Gasteiger partial charge in [0.1, 0.15) is 0 Å². The maximum atomic E-state index is 2.34. The van der Waals surface area contributed by atoms with Crippen LogP contribution in [0, 0.1) is 11.8 Å². The molecule has 61 valence electrons. The highest BCUT2D eigenvalue weighted by Gasteiger charge is 2.07. The van der Waals surface area contributed by atoms with Gasteiger partial charge in [-0.1, -0.05) is 34.1 Å². The van der Waals surface area contributed by atoms with Crippen molar-refractivity contribution in [3.05, 3.63) is 5.92 Å². The van der Waals surface area contributed by atoms with E-state index in [4.69, 9.17) is 0 Å². The molecule has 0 nitrogen and oxygen atoms in total. The molecule has 0 amide bonds. The van der Waals surface area contributed by atoms with Gasteiger partial charge in [-0.2, -0.15) is 0 Å². The minimum absolute atomic E-state index is 0.898. The zero-order valence-corrected chi connectivity index (χ0v) is 7.91. The van der Waals surface area contributed by atoms with E-state index in [0.717, 1.165) is 5.92 Å². The Hall–Kier alpha value is 0. The van der Waals surface area contributed by atoms with Crippen molar-refractivity contribution >= 4 is 0 Å². The second-order valence-electron chi connectivity index (χ2n) is 3.17. The summed E-state index contributed by atoms with van der Waals surface area (Å²) in [6, 6.07) is 0. The first-order valence-corrected chi connectivity index (χ1v) is 4.58. The van der Waals surface area contributed by atoms with Crippen molar-refractivity contribution < 1.29 is 0 Å². The van der Waals surface area contributed by atoms with Crippen molar-refractivity contribution in [3.8, 4) is 0 Å². The van der Waals surface area contributed by atoms with Crippen molar-refractivity contribution in [2.75, 3.05) is 0 Å². The molecular weight excluding hydrogens is 120 g/mol. The summed E-state index contributed by atoms with van der Waals surface area (Å²) in [7, 11) is 0. The molecule has 1 unspecified atom stereocenters. The van der Waals surface area contributed by atoms with Crippen molar-refractivity contribution in [1.29, 1.82) is 0 Å². The Morgan fingerprint density at radius 1 is 1.10 bits per heavy atom. The Kier molecular flexibility index (Phi) is 5.76. The van der Waals surface area contributed by atoms with Crippen molar-refractivity contribution in [2.24, 2.45) is 5.92 Å². The van der Waals surface area contributed by atoms with Crippen LogP contribution in [-0.4, -0.2) is 0 Å². The van der Waals surface area contributed by atoms with Gasteiger partial charge in [-0.3, -0.25) is 0 Å². The number of rotatable bonds is 5. The maximum Gasteiger partial charge on any atom is -0.0244 e. The SMILES string of the molecule is CC[C](CC)CC(C)CC. The van der Waals surface area contributed by atoms with Crippen LogP contribution in [-0.2, 0) is 0 Å². The van der Waals surface area contributed by atoms with Crippen LogP contribution in [0.1, 0.15) is 53.4 Å². The third-order valence-corrected chi connectivity index (χ3v) is 2.33. The van der Waals surface area contributed by atoms with Crippen LogP contribution in [0.4, 0.5) is 0 Å². The van der Waals surface area contributed by atoms with E-state index < -0.39 is 0 Å². The summed E-state index contributed by atoms with van der Waals surface area (Å²) >= 11 is 0. The minimum Gasteiger partial charge on any atom is -0.0651 e. The van der Waals surface area contributed by atoms with Gasteiger partial charge in [0, 0.05) is 0 Å². The van der Waals surface area contributed by atoms with Gasteiger partial charge in [0.2, 0.25) is 0 Å². The van der Waals surface area contributed by atoms with Gasteiger partial charge in [-0.15, -0.1) is 0 Å². The molecule has 0 heterocycles. The molecule has 0 aromatic rings. The molecule has 1 atom stereocenters. The van der Waals surface area contributed by atoms with Gasteiger partial charge in [0.05, 0.1) is 0 Å². The molecule has 0 bridgehead atoms. The number of hydrogen-bond acceptors (Lipinski definition) is 0. The van der Waals surface area contributed by atoms with Gasteiger partial charge in [-0.25, -0.2) is 0 Å². The lowest BCUT2D eigenvalue weighted by Gasteiger charge is -2.15. The minimum atomic E-state index is 0.898. The van der Waals surface area contributed by atoms with E-state index in [0.29, 0.717) is 0 Å². The molecule has 0 saturated heterocycles. The van der Waals surface area contributed by atoms with E-state index >= 15 is 0 Å². The molecule has 0 N–H and O–H groups in total. The second-order valence-corrected chi connectivity index (χ2v) is 3.17. The van der Waals surface area contributed by atoms with Crippen LogP contribution in [0.15, 0.2) is 0 Å². The predicted molar refractivity (Wildman–Crippen MR) is 47.9 cm³/mol. The quantitative estimate of drug-likeness (QED) is 0.546. The van der Waals surface area contributed by atoms with Gasteiger partial charge in [-0.05, 0) is 31.1 Å². The van der Waals surface area contributed by atoms with E-state index in [1.807, 2.05) is 0 Å². The highest BCUT2D eigenvalue weighted by atomic mass is 14.1. The summed E-state index contributed by atoms with van der Waals surface area (Å²) in [5, 5.41) is 0. The maximum absolute atomic E-state index is 2.34. The molecule has 0 heteroatoms. The fourth-order valence-corrected chi connectivity index (χ4v) is 1.18. The smallest absolute Gasteiger partial charge is 0.0244 e. The summed E-state index contributed by atoms with van der Waals surface area (Å²) in [4.78, 5) is 0. The van der Waals surface area contributed by atoms with Crippen LogP contribution in [0.3, 0.4) is 0 Å². The lowest BCUT2D eigenvalue weighted by molar-refractivity contribution is 0.500. The first-order chi connectivity index (χ1) is 4.74. The molecule has 0 saturated carbocycles. The predicted octanol–water partition coefficient (Wildman–Crippen LogP) is 3.82. The molecule has 0 aromatic carbocycles. The molecule has 0 aliphatic heterocycles. The van der Waals surface area contributed by atoms with Gasteiger partial charge in [0.25, 0.3) is 0 Å². The first-order valence-electron chi connectivity index (χ1n) is 4.58. The van der Waals surface area contributed by atoms with E-state index in [-0.39, 0.29) is 0 Å². The molecule has 0 rings (SSSR count). The Labute approximate surface area is 66.0 Å². The van der Waals surface area contributed by atoms with Crippen LogP contribution in [0.25, 0.3) is 0 Å². The molecule has 0 fully saturated rings. The Morgan fingerprint density at radius 2 is 1.60 bits per heavy atom. The Balaban J connectivity index is 3.41. The van der Waals surface area contributed by atoms with E-state index in [1.165, 1.54) is 25.7 Å². The molecule has 0 aromatic heterocycles. The summed E-state index contributed by atoms with van der Waals surface area (Å²) in [6.45, 7) is 9.14.